The molecule has 0 aromatic heterocycles. The Labute approximate surface area is 135 Å². The van der Waals surface area contributed by atoms with Gasteiger partial charge in [-0.2, -0.15) is 0 Å². The van der Waals surface area contributed by atoms with Crippen LogP contribution in [0.3, 0.4) is 0 Å². The molecule has 20 heavy (non-hydrogen) atoms. The monoisotopic (exact) mass is 343 g/mol. The number of piperidine rings is 1. The van der Waals surface area contributed by atoms with Gasteiger partial charge in [-0.15, -0.1) is 0 Å². The van der Waals surface area contributed by atoms with Gasteiger partial charge in [0.25, 0.3) is 0 Å². The molecule has 0 spiro atoms. The molecule has 1 amide bonds. The number of ether oxygens (including phenoxy) is 1. The molecule has 1 heterocycles. The second kappa shape index (κ2) is 6.17. The number of halogens is 1. The lowest BCUT2D eigenvalue weighted by molar-refractivity contribution is 0.0205. The van der Waals surface area contributed by atoms with Gasteiger partial charge < -0.3 is 9.64 Å². The molecule has 0 aliphatic carbocycles. The second-order valence-corrected chi connectivity index (χ2v) is 6.76. The third kappa shape index (κ3) is 4.23. The topological polar surface area (TPSA) is 29.5 Å². The Bertz CT molecular complexity index is 623. The minimum atomic E-state index is -0.539. The summed E-state index contributed by atoms with van der Waals surface area (Å²) in [5, 5.41) is 0. The molecule has 110 valence electrons. The van der Waals surface area contributed by atoms with Crippen molar-refractivity contribution in [3.05, 3.63) is 34.2 Å². The average Bonchev–Trinajstić information content (AvgIpc) is 2.50. The number of carbonyl (C=O) groups is 1. The van der Waals surface area contributed by atoms with Crippen molar-refractivity contribution in [2.75, 3.05) is 13.1 Å². The summed E-state index contributed by atoms with van der Waals surface area (Å²) in [5.41, 5.74) is -0.0974. The fraction of sp³-hybridized carbons (Fsp3) is 0.562. The van der Waals surface area contributed by atoms with Gasteiger partial charge in [0.15, 0.2) is 0 Å². The molecule has 4 heteroatoms. The minimum Gasteiger partial charge on any atom is -0.444 e. The fourth-order valence-electron chi connectivity index (χ4n) is 2.19. The van der Waals surface area contributed by atoms with Crippen molar-refractivity contribution in [2.45, 2.75) is 45.1 Å². The number of nitrogens with zero attached hydrogens (tertiary/aromatic N) is 1. The van der Waals surface area contributed by atoms with E-state index >= 15 is 0 Å². The van der Waals surface area contributed by atoms with Gasteiger partial charge >= 0.3 is 6.09 Å². The molecule has 1 aromatic carbocycles. The van der Waals surface area contributed by atoms with E-state index in [4.69, 9.17) is 10.2 Å². The summed E-state index contributed by atoms with van der Waals surface area (Å²) in [4.78, 5) is 13.7. The van der Waals surface area contributed by atoms with Crippen LogP contribution in [0.4, 0.5) is 4.79 Å². The molecule has 1 aliphatic heterocycles. The summed E-state index contributed by atoms with van der Waals surface area (Å²) < 4.78 is 37.7. The molecule has 0 atom stereocenters. The first-order valence-electron chi connectivity index (χ1n) is 8.76. The zero-order chi connectivity index (χ0) is 18.2. The molecule has 1 fully saturated rings. The highest BCUT2D eigenvalue weighted by molar-refractivity contribution is 9.10. The van der Waals surface area contributed by atoms with Gasteiger partial charge in [-0.3, -0.25) is 0 Å². The van der Waals surface area contributed by atoms with Crippen molar-refractivity contribution in [2.24, 2.45) is 0 Å². The van der Waals surface area contributed by atoms with Crippen LogP contribution in [-0.4, -0.2) is 29.7 Å². The number of hydrogen-bond donors (Lipinski definition) is 0. The third-order valence-corrected chi connectivity index (χ3v) is 3.57. The van der Waals surface area contributed by atoms with Crippen LogP contribution >= 0.6 is 15.9 Å². The summed E-state index contributed by atoms with van der Waals surface area (Å²) >= 11 is 3.11. The maximum atomic E-state index is 12.1. The average molecular weight is 344 g/mol. The predicted octanol–water partition coefficient (Wildman–Crippen LogP) is 4.56. The number of rotatable bonds is 1. The van der Waals surface area contributed by atoms with Gasteiger partial charge in [0.2, 0.25) is 0 Å². The van der Waals surface area contributed by atoms with Crippen molar-refractivity contribution in [3.63, 3.8) is 0 Å². The molecule has 0 unspecified atom stereocenters. The molecule has 0 bridgehead atoms. The van der Waals surface area contributed by atoms with Gasteiger partial charge in [0, 0.05) is 17.6 Å². The van der Waals surface area contributed by atoms with E-state index in [1.807, 2.05) is 20.8 Å². The SMILES string of the molecule is [2H]c1c([2H])c(C2CCN(C(=O)OC(C)(C)C)CC2)c([2H])c([2H])c1Br. The highest BCUT2D eigenvalue weighted by Gasteiger charge is 2.27. The first-order valence-corrected chi connectivity index (χ1v) is 7.56. The number of benzene rings is 1. The van der Waals surface area contributed by atoms with Crippen LogP contribution < -0.4 is 0 Å². The summed E-state index contributed by atoms with van der Waals surface area (Å²) in [7, 11) is 0. The first-order chi connectivity index (χ1) is 11.0. The largest absolute Gasteiger partial charge is 0.444 e. The highest BCUT2D eigenvalue weighted by atomic mass is 79.9. The second-order valence-electron chi connectivity index (χ2n) is 5.97. The molecule has 1 aliphatic rings. The Morgan fingerprint density at radius 2 is 1.85 bits per heavy atom. The van der Waals surface area contributed by atoms with E-state index in [0.717, 1.165) is 0 Å². The van der Waals surface area contributed by atoms with Gasteiger partial charge in [-0.25, -0.2) is 4.79 Å². The van der Waals surface area contributed by atoms with E-state index in [9.17, 15) is 4.79 Å². The van der Waals surface area contributed by atoms with E-state index in [-0.39, 0.29) is 40.7 Å². The quantitative estimate of drug-likeness (QED) is 0.747. The lowest BCUT2D eigenvalue weighted by Crippen LogP contribution is -2.41. The summed E-state index contributed by atoms with van der Waals surface area (Å²) in [6.07, 6.45) is 0.839. The van der Waals surface area contributed by atoms with Gasteiger partial charge in [0.1, 0.15) is 5.60 Å². The molecule has 0 saturated carbocycles. The van der Waals surface area contributed by atoms with Gasteiger partial charge in [0.05, 0.1) is 5.48 Å². The molecular weight excluding hydrogens is 318 g/mol. The van der Waals surface area contributed by atoms with Crippen molar-refractivity contribution < 1.29 is 15.0 Å². The predicted molar refractivity (Wildman–Crippen MR) is 83.9 cm³/mol. The standard InChI is InChI=1S/C16H22BrNO2/c1-16(2,3)20-15(19)18-10-8-13(9-11-18)12-4-6-14(17)7-5-12/h4-7,13H,8-11H2,1-3H3/i4D,5D,6D,7D. The zero-order valence-electron chi connectivity index (χ0n) is 16.0. The van der Waals surface area contributed by atoms with Gasteiger partial charge in [-0.1, -0.05) is 28.0 Å². The van der Waals surface area contributed by atoms with Crippen LogP contribution in [0, 0.1) is 0 Å². The molecule has 0 N–H and O–H groups in total. The number of amides is 1. The Hall–Kier alpha value is -1.03. The molecule has 2 rings (SSSR count). The minimum absolute atomic E-state index is 0.00130. The van der Waals surface area contributed by atoms with Crippen molar-refractivity contribution in [1.82, 2.24) is 4.90 Å². The van der Waals surface area contributed by atoms with Crippen molar-refractivity contribution in [1.29, 1.82) is 0 Å². The van der Waals surface area contributed by atoms with E-state index < -0.39 is 5.60 Å². The Morgan fingerprint density at radius 1 is 1.30 bits per heavy atom. The maximum Gasteiger partial charge on any atom is 0.410 e. The number of carbonyl (C=O) groups excluding carboxylic acids is 1. The van der Waals surface area contributed by atoms with E-state index in [0.29, 0.717) is 31.5 Å². The van der Waals surface area contributed by atoms with E-state index in [2.05, 4.69) is 15.9 Å². The molecule has 3 nitrogen and oxygen atoms in total. The van der Waals surface area contributed by atoms with Crippen LogP contribution in [0.15, 0.2) is 28.6 Å². The van der Waals surface area contributed by atoms with Crippen LogP contribution in [-0.2, 0) is 4.74 Å². The van der Waals surface area contributed by atoms with Crippen LogP contribution in [0.2, 0.25) is 0 Å². The smallest absolute Gasteiger partial charge is 0.410 e. The first kappa shape index (κ1) is 10.7. The molecular formula is C16H22BrNO2. The van der Waals surface area contributed by atoms with E-state index in [1.165, 1.54) is 0 Å². The normalized spacial score (nSPS) is 19.9. The highest BCUT2D eigenvalue weighted by Crippen LogP contribution is 2.29. The molecule has 0 radical (unpaired) electrons. The van der Waals surface area contributed by atoms with Crippen molar-refractivity contribution in [3.8, 4) is 0 Å². The summed E-state index contributed by atoms with van der Waals surface area (Å²) in [6.45, 7) is 6.43. The maximum absolute atomic E-state index is 12.1. The summed E-state index contributed by atoms with van der Waals surface area (Å²) in [5.74, 6) is -0.0926. The van der Waals surface area contributed by atoms with Crippen LogP contribution in [0.5, 0.6) is 0 Å². The zero-order valence-corrected chi connectivity index (χ0v) is 13.6. The Morgan fingerprint density at radius 3 is 2.35 bits per heavy atom. The van der Waals surface area contributed by atoms with Gasteiger partial charge in [-0.05, 0) is 57.2 Å². The lowest BCUT2D eigenvalue weighted by atomic mass is 9.90. The van der Waals surface area contributed by atoms with E-state index in [1.54, 1.807) is 4.90 Å². The number of likely N-dealkylation sites (tertiary alicyclic amines) is 1. The molecule has 1 saturated heterocycles. The molecule has 1 aromatic rings. The van der Waals surface area contributed by atoms with Crippen molar-refractivity contribution >= 4 is 22.0 Å². The Balaban J connectivity index is 2.15. The fourth-order valence-corrected chi connectivity index (χ4v) is 2.39. The number of hydrogen-bond acceptors (Lipinski definition) is 2. The van der Waals surface area contributed by atoms with Crippen LogP contribution in [0.25, 0.3) is 0 Å². The third-order valence-electron chi connectivity index (χ3n) is 3.17. The summed E-state index contributed by atoms with van der Waals surface area (Å²) in [6, 6.07) is -0.113. The van der Waals surface area contributed by atoms with Crippen LogP contribution in [0.1, 0.15) is 50.6 Å². The lowest BCUT2D eigenvalue weighted by Gasteiger charge is -2.33. The Kier molecular flexibility index (Phi) is 3.29.